The SMILES string of the molecule is COc1cccc(N2CCN(CC(=O)N3CCCCC3)CC2)c1. The first-order valence-corrected chi connectivity index (χ1v) is 8.65. The van der Waals surface area contributed by atoms with E-state index in [1.54, 1.807) is 7.11 Å². The van der Waals surface area contributed by atoms with Gasteiger partial charge in [-0.2, -0.15) is 0 Å². The van der Waals surface area contributed by atoms with Gasteiger partial charge in [-0.05, 0) is 31.4 Å². The molecular weight excluding hydrogens is 290 g/mol. The molecule has 0 bridgehead atoms. The quantitative estimate of drug-likeness (QED) is 0.849. The molecule has 0 spiro atoms. The number of hydrogen-bond acceptors (Lipinski definition) is 4. The third kappa shape index (κ3) is 4.16. The summed E-state index contributed by atoms with van der Waals surface area (Å²) in [6.45, 7) is 6.27. The summed E-state index contributed by atoms with van der Waals surface area (Å²) in [6.07, 6.45) is 3.59. The first-order chi connectivity index (χ1) is 11.3. The average Bonchev–Trinajstić information content (AvgIpc) is 2.63. The van der Waals surface area contributed by atoms with Gasteiger partial charge in [-0.15, -0.1) is 0 Å². The van der Waals surface area contributed by atoms with Gasteiger partial charge in [0.05, 0.1) is 13.7 Å². The molecule has 1 aromatic carbocycles. The molecule has 23 heavy (non-hydrogen) atoms. The van der Waals surface area contributed by atoms with Crippen molar-refractivity contribution in [3.8, 4) is 5.75 Å². The van der Waals surface area contributed by atoms with Crippen LogP contribution < -0.4 is 9.64 Å². The summed E-state index contributed by atoms with van der Waals surface area (Å²) in [5.41, 5.74) is 1.20. The van der Waals surface area contributed by atoms with Crippen LogP contribution in [0.1, 0.15) is 19.3 Å². The van der Waals surface area contributed by atoms with Crippen LogP contribution in [-0.4, -0.2) is 68.6 Å². The first-order valence-electron chi connectivity index (χ1n) is 8.65. The smallest absolute Gasteiger partial charge is 0.236 e. The predicted octanol–water partition coefficient (Wildman–Crippen LogP) is 1.83. The fraction of sp³-hybridized carbons (Fsp3) is 0.611. The molecule has 0 aliphatic carbocycles. The number of benzene rings is 1. The van der Waals surface area contributed by atoms with Gasteiger partial charge in [0.2, 0.25) is 5.91 Å². The van der Waals surface area contributed by atoms with Gasteiger partial charge in [0.1, 0.15) is 5.75 Å². The number of hydrogen-bond donors (Lipinski definition) is 0. The Bertz CT molecular complexity index is 521. The number of rotatable bonds is 4. The van der Waals surface area contributed by atoms with E-state index >= 15 is 0 Å². The fourth-order valence-corrected chi connectivity index (χ4v) is 3.41. The number of amides is 1. The zero-order chi connectivity index (χ0) is 16.1. The molecule has 0 atom stereocenters. The van der Waals surface area contributed by atoms with Crippen molar-refractivity contribution in [1.82, 2.24) is 9.80 Å². The van der Waals surface area contributed by atoms with Crippen LogP contribution in [0.15, 0.2) is 24.3 Å². The van der Waals surface area contributed by atoms with Crippen molar-refractivity contribution in [3.05, 3.63) is 24.3 Å². The van der Waals surface area contributed by atoms with Crippen LogP contribution in [-0.2, 0) is 4.79 Å². The highest BCUT2D eigenvalue weighted by atomic mass is 16.5. The Labute approximate surface area is 138 Å². The largest absolute Gasteiger partial charge is 0.497 e. The summed E-state index contributed by atoms with van der Waals surface area (Å²) in [5, 5.41) is 0. The number of anilines is 1. The van der Waals surface area contributed by atoms with E-state index < -0.39 is 0 Å². The van der Waals surface area contributed by atoms with E-state index in [0.717, 1.165) is 57.9 Å². The van der Waals surface area contributed by atoms with Crippen molar-refractivity contribution in [3.63, 3.8) is 0 Å². The molecule has 2 aliphatic rings. The lowest BCUT2D eigenvalue weighted by Crippen LogP contribution is -2.50. The number of nitrogens with zero attached hydrogens (tertiary/aromatic N) is 3. The lowest BCUT2D eigenvalue weighted by molar-refractivity contribution is -0.133. The maximum Gasteiger partial charge on any atom is 0.236 e. The van der Waals surface area contributed by atoms with E-state index in [1.165, 1.54) is 12.1 Å². The number of likely N-dealkylation sites (tertiary alicyclic amines) is 1. The minimum Gasteiger partial charge on any atom is -0.497 e. The molecule has 1 amide bonds. The Balaban J connectivity index is 1.49. The van der Waals surface area contributed by atoms with Gasteiger partial charge in [0.15, 0.2) is 0 Å². The van der Waals surface area contributed by atoms with E-state index in [4.69, 9.17) is 4.74 Å². The zero-order valence-corrected chi connectivity index (χ0v) is 14.0. The Morgan fingerprint density at radius 1 is 1.04 bits per heavy atom. The van der Waals surface area contributed by atoms with Crippen LogP contribution in [0.4, 0.5) is 5.69 Å². The Hall–Kier alpha value is -1.75. The van der Waals surface area contributed by atoms with E-state index in [-0.39, 0.29) is 0 Å². The molecule has 0 N–H and O–H groups in total. The third-order valence-corrected chi connectivity index (χ3v) is 4.86. The molecular formula is C18H27N3O2. The summed E-state index contributed by atoms with van der Waals surface area (Å²) in [5.74, 6) is 1.20. The van der Waals surface area contributed by atoms with Crippen LogP contribution in [0.3, 0.4) is 0 Å². The summed E-state index contributed by atoms with van der Waals surface area (Å²) < 4.78 is 5.30. The van der Waals surface area contributed by atoms with Gasteiger partial charge in [-0.25, -0.2) is 0 Å². The summed E-state index contributed by atoms with van der Waals surface area (Å²) in [7, 11) is 1.70. The number of piperazine rings is 1. The minimum atomic E-state index is 0.305. The lowest BCUT2D eigenvalue weighted by atomic mass is 10.1. The van der Waals surface area contributed by atoms with E-state index in [2.05, 4.69) is 21.9 Å². The number of methoxy groups -OCH3 is 1. The molecule has 0 unspecified atom stereocenters. The lowest BCUT2D eigenvalue weighted by Gasteiger charge is -2.37. The van der Waals surface area contributed by atoms with Crippen molar-refractivity contribution in [2.24, 2.45) is 0 Å². The van der Waals surface area contributed by atoms with Gasteiger partial charge in [0, 0.05) is 51.0 Å². The van der Waals surface area contributed by atoms with Gasteiger partial charge >= 0.3 is 0 Å². The van der Waals surface area contributed by atoms with Crippen LogP contribution in [0.5, 0.6) is 5.75 Å². The van der Waals surface area contributed by atoms with Gasteiger partial charge in [0.25, 0.3) is 0 Å². The number of carbonyl (C=O) groups is 1. The van der Waals surface area contributed by atoms with Crippen molar-refractivity contribution in [2.45, 2.75) is 19.3 Å². The summed E-state index contributed by atoms with van der Waals surface area (Å²) >= 11 is 0. The van der Waals surface area contributed by atoms with Crippen molar-refractivity contribution in [1.29, 1.82) is 0 Å². The fourth-order valence-electron chi connectivity index (χ4n) is 3.41. The van der Waals surface area contributed by atoms with Gasteiger partial charge < -0.3 is 14.5 Å². The van der Waals surface area contributed by atoms with Gasteiger partial charge in [-0.1, -0.05) is 6.07 Å². The highest BCUT2D eigenvalue weighted by Gasteiger charge is 2.22. The molecule has 0 saturated carbocycles. The normalized spacial score (nSPS) is 19.7. The molecule has 2 aliphatic heterocycles. The van der Waals surface area contributed by atoms with E-state index in [9.17, 15) is 4.79 Å². The van der Waals surface area contributed by atoms with Gasteiger partial charge in [-0.3, -0.25) is 9.69 Å². The molecule has 1 aromatic rings. The number of carbonyl (C=O) groups excluding carboxylic acids is 1. The van der Waals surface area contributed by atoms with Crippen LogP contribution in [0.2, 0.25) is 0 Å². The molecule has 5 heteroatoms. The topological polar surface area (TPSA) is 36.0 Å². The minimum absolute atomic E-state index is 0.305. The predicted molar refractivity (Wildman–Crippen MR) is 92.1 cm³/mol. The van der Waals surface area contributed by atoms with Crippen LogP contribution in [0.25, 0.3) is 0 Å². The maximum absolute atomic E-state index is 12.4. The van der Waals surface area contributed by atoms with Crippen molar-refractivity contribution in [2.75, 3.05) is 57.8 Å². The van der Waals surface area contributed by atoms with Crippen LogP contribution >= 0.6 is 0 Å². The second-order valence-corrected chi connectivity index (χ2v) is 6.41. The molecule has 3 rings (SSSR count). The molecule has 2 heterocycles. The molecule has 126 valence electrons. The molecule has 0 aromatic heterocycles. The van der Waals surface area contributed by atoms with E-state index in [0.29, 0.717) is 12.5 Å². The van der Waals surface area contributed by atoms with Crippen molar-refractivity contribution < 1.29 is 9.53 Å². The van der Waals surface area contributed by atoms with E-state index in [1.807, 2.05) is 17.0 Å². The Morgan fingerprint density at radius 2 is 1.78 bits per heavy atom. The first kappa shape index (κ1) is 16.1. The molecule has 5 nitrogen and oxygen atoms in total. The second-order valence-electron chi connectivity index (χ2n) is 6.41. The number of ether oxygens (including phenoxy) is 1. The van der Waals surface area contributed by atoms with Crippen LogP contribution in [0, 0.1) is 0 Å². The Kier molecular flexibility index (Phi) is 5.39. The summed E-state index contributed by atoms with van der Waals surface area (Å²) in [6, 6.07) is 8.20. The zero-order valence-electron chi connectivity index (χ0n) is 14.0. The molecule has 2 saturated heterocycles. The molecule has 0 radical (unpaired) electrons. The highest BCUT2D eigenvalue weighted by molar-refractivity contribution is 5.78. The number of piperidine rings is 1. The average molecular weight is 317 g/mol. The third-order valence-electron chi connectivity index (χ3n) is 4.86. The molecule has 2 fully saturated rings. The second kappa shape index (κ2) is 7.68. The Morgan fingerprint density at radius 3 is 2.48 bits per heavy atom. The standard InChI is InChI=1S/C18H27N3O2/c1-23-17-7-5-6-16(14-17)20-12-10-19(11-13-20)15-18(22)21-8-3-2-4-9-21/h5-7,14H,2-4,8-13,15H2,1H3. The monoisotopic (exact) mass is 317 g/mol. The summed E-state index contributed by atoms with van der Waals surface area (Å²) in [4.78, 5) is 19.0. The maximum atomic E-state index is 12.4. The van der Waals surface area contributed by atoms with Crippen molar-refractivity contribution >= 4 is 11.6 Å². The highest BCUT2D eigenvalue weighted by Crippen LogP contribution is 2.22.